The lowest BCUT2D eigenvalue weighted by atomic mass is 10.0. The zero-order valence-electron chi connectivity index (χ0n) is 16.2. The number of nitrogen functional groups attached to an aromatic ring is 1. The average Bonchev–Trinajstić information content (AvgIpc) is 3.40. The van der Waals surface area contributed by atoms with Crippen LogP contribution in [0.5, 0.6) is 0 Å². The number of halogens is 1. The zero-order valence-corrected chi connectivity index (χ0v) is 16.2. The van der Waals surface area contributed by atoms with Crippen LogP contribution >= 0.6 is 0 Å². The molecule has 4 rings (SSSR count). The second-order valence-electron chi connectivity index (χ2n) is 7.45. The van der Waals surface area contributed by atoms with Crippen molar-refractivity contribution in [1.29, 1.82) is 0 Å². The van der Waals surface area contributed by atoms with Gasteiger partial charge in [0.1, 0.15) is 11.6 Å². The lowest BCUT2D eigenvalue weighted by Gasteiger charge is -2.11. The Kier molecular flexibility index (Phi) is 4.66. The summed E-state index contributed by atoms with van der Waals surface area (Å²) in [5.74, 6) is -0.896. The van der Waals surface area contributed by atoms with E-state index in [2.05, 4.69) is 10.4 Å². The van der Waals surface area contributed by atoms with Crippen LogP contribution in [-0.4, -0.2) is 27.5 Å². The van der Waals surface area contributed by atoms with Crippen molar-refractivity contribution in [2.75, 3.05) is 5.73 Å². The number of rotatable bonds is 5. The number of hydrogen-bond acceptors (Lipinski definition) is 4. The Balaban J connectivity index is 1.69. The highest BCUT2D eigenvalue weighted by atomic mass is 19.1. The summed E-state index contributed by atoms with van der Waals surface area (Å²) in [6.07, 6.45) is 3.37. The third-order valence-electron chi connectivity index (χ3n) is 4.97. The first kappa shape index (κ1) is 18.9. The van der Waals surface area contributed by atoms with Gasteiger partial charge in [-0.15, -0.1) is 0 Å². The van der Waals surface area contributed by atoms with Crippen LogP contribution in [0.1, 0.15) is 50.2 Å². The van der Waals surface area contributed by atoms with Gasteiger partial charge < -0.3 is 11.1 Å². The van der Waals surface area contributed by atoms with Crippen LogP contribution in [0, 0.1) is 19.7 Å². The molecule has 1 saturated carbocycles. The smallest absolute Gasteiger partial charge is 0.251 e. The molecular weight excluding hydrogens is 371 g/mol. The number of carbonyl (C=O) groups is 2. The second kappa shape index (κ2) is 7.16. The van der Waals surface area contributed by atoms with Crippen molar-refractivity contribution in [3.63, 3.8) is 0 Å². The Morgan fingerprint density at radius 2 is 1.90 bits per heavy atom. The van der Waals surface area contributed by atoms with Crippen molar-refractivity contribution in [2.45, 2.75) is 32.7 Å². The monoisotopic (exact) mass is 392 g/mol. The highest BCUT2D eigenvalue weighted by Gasteiger charge is 2.24. The number of ketones is 1. The first-order valence-electron chi connectivity index (χ1n) is 9.41. The van der Waals surface area contributed by atoms with Gasteiger partial charge in [0.2, 0.25) is 0 Å². The van der Waals surface area contributed by atoms with Gasteiger partial charge in [0.15, 0.2) is 5.78 Å². The van der Waals surface area contributed by atoms with E-state index in [1.165, 1.54) is 23.0 Å². The van der Waals surface area contributed by atoms with Crippen molar-refractivity contribution in [3.8, 4) is 5.69 Å². The first-order valence-corrected chi connectivity index (χ1v) is 9.41. The highest BCUT2D eigenvalue weighted by molar-refractivity contribution is 6.11. The van der Waals surface area contributed by atoms with E-state index in [4.69, 9.17) is 5.73 Å². The molecule has 6 nitrogen and oxygen atoms in total. The van der Waals surface area contributed by atoms with Crippen LogP contribution in [-0.2, 0) is 0 Å². The molecule has 1 aliphatic carbocycles. The zero-order chi connectivity index (χ0) is 20.7. The minimum atomic E-state index is -0.482. The van der Waals surface area contributed by atoms with Crippen LogP contribution in [0.4, 0.5) is 10.2 Å². The SMILES string of the molecule is Cc1cc(F)cc(C(=O)c2cnn(-c3cc(C(=O)NC4CC4)ccc3C)c2N)c1. The summed E-state index contributed by atoms with van der Waals surface area (Å²) in [7, 11) is 0. The Labute approximate surface area is 167 Å². The number of nitrogens with two attached hydrogens (primary N) is 1. The third kappa shape index (κ3) is 3.76. The van der Waals surface area contributed by atoms with Crippen molar-refractivity contribution in [3.05, 3.63) is 76.2 Å². The summed E-state index contributed by atoms with van der Waals surface area (Å²) < 4.78 is 15.1. The van der Waals surface area contributed by atoms with Crippen molar-refractivity contribution in [2.24, 2.45) is 0 Å². The maximum Gasteiger partial charge on any atom is 0.251 e. The molecule has 0 spiro atoms. The van der Waals surface area contributed by atoms with Crippen LogP contribution in [0.15, 0.2) is 42.6 Å². The van der Waals surface area contributed by atoms with E-state index in [-0.39, 0.29) is 28.9 Å². The summed E-state index contributed by atoms with van der Waals surface area (Å²) in [6, 6.07) is 9.66. The molecule has 2 aromatic carbocycles. The van der Waals surface area contributed by atoms with E-state index in [1.54, 1.807) is 25.1 Å². The van der Waals surface area contributed by atoms with Gasteiger partial charge in [-0.1, -0.05) is 6.07 Å². The fraction of sp³-hybridized carbons (Fsp3) is 0.227. The molecule has 3 aromatic rings. The molecule has 1 aliphatic rings. The molecular formula is C22H21FN4O2. The van der Waals surface area contributed by atoms with Gasteiger partial charge in [0, 0.05) is 17.2 Å². The predicted octanol–water partition coefficient (Wildman–Crippen LogP) is 3.33. The summed E-state index contributed by atoms with van der Waals surface area (Å²) in [5.41, 5.74) is 9.22. The Morgan fingerprint density at radius 3 is 2.59 bits per heavy atom. The van der Waals surface area contributed by atoms with Gasteiger partial charge >= 0.3 is 0 Å². The number of amides is 1. The molecule has 0 atom stereocenters. The van der Waals surface area contributed by atoms with Crippen molar-refractivity contribution < 1.29 is 14.0 Å². The van der Waals surface area contributed by atoms with Crippen LogP contribution in [0.2, 0.25) is 0 Å². The maximum atomic E-state index is 13.7. The normalized spacial score (nSPS) is 13.3. The lowest BCUT2D eigenvalue weighted by molar-refractivity contribution is 0.0950. The molecule has 0 saturated heterocycles. The van der Waals surface area contributed by atoms with Crippen molar-refractivity contribution in [1.82, 2.24) is 15.1 Å². The van der Waals surface area contributed by atoms with Gasteiger partial charge in [-0.05, 0) is 68.1 Å². The van der Waals surface area contributed by atoms with E-state index >= 15 is 0 Å². The van der Waals surface area contributed by atoms with Crippen molar-refractivity contribution >= 4 is 17.5 Å². The van der Waals surface area contributed by atoms with E-state index in [0.717, 1.165) is 18.4 Å². The number of aromatic nitrogens is 2. The van der Waals surface area contributed by atoms with Crippen LogP contribution in [0.25, 0.3) is 5.69 Å². The fourth-order valence-electron chi connectivity index (χ4n) is 3.22. The molecule has 1 fully saturated rings. The average molecular weight is 392 g/mol. The van der Waals surface area contributed by atoms with E-state index in [1.807, 2.05) is 13.0 Å². The molecule has 0 unspecified atom stereocenters. The number of anilines is 1. The number of nitrogens with zero attached hydrogens (tertiary/aromatic N) is 2. The number of nitrogens with one attached hydrogen (secondary N) is 1. The molecule has 3 N–H and O–H groups in total. The summed E-state index contributed by atoms with van der Waals surface area (Å²) in [4.78, 5) is 25.2. The minimum absolute atomic E-state index is 0.139. The third-order valence-corrected chi connectivity index (χ3v) is 4.97. The van der Waals surface area contributed by atoms with Gasteiger partial charge in [-0.25, -0.2) is 9.07 Å². The number of aryl methyl sites for hydroxylation is 2. The molecule has 1 amide bonds. The standard InChI is InChI=1S/C22H21FN4O2/c1-12-7-15(9-16(23)8-12)20(28)18-11-25-27(21(18)24)19-10-14(4-3-13(19)2)22(29)26-17-5-6-17/h3-4,7-11,17H,5-6,24H2,1-2H3,(H,26,29). The number of benzene rings is 2. The molecule has 0 bridgehead atoms. The predicted molar refractivity (Wildman–Crippen MR) is 108 cm³/mol. The van der Waals surface area contributed by atoms with E-state index < -0.39 is 11.6 Å². The largest absolute Gasteiger partial charge is 0.383 e. The Morgan fingerprint density at radius 1 is 1.14 bits per heavy atom. The summed E-state index contributed by atoms with van der Waals surface area (Å²) in [5, 5.41) is 7.21. The van der Waals surface area contributed by atoms with Gasteiger partial charge in [-0.3, -0.25) is 9.59 Å². The van der Waals surface area contributed by atoms with Gasteiger partial charge in [0.25, 0.3) is 5.91 Å². The number of hydrogen-bond donors (Lipinski definition) is 2. The lowest BCUT2D eigenvalue weighted by Crippen LogP contribution is -2.25. The van der Waals surface area contributed by atoms with Gasteiger partial charge in [-0.2, -0.15) is 5.10 Å². The molecule has 29 heavy (non-hydrogen) atoms. The molecule has 0 radical (unpaired) electrons. The molecule has 0 aliphatic heterocycles. The van der Waals surface area contributed by atoms with Crippen LogP contribution < -0.4 is 11.1 Å². The summed E-state index contributed by atoms with van der Waals surface area (Å²) in [6.45, 7) is 3.59. The van der Waals surface area contributed by atoms with Crippen LogP contribution in [0.3, 0.4) is 0 Å². The fourth-order valence-corrected chi connectivity index (χ4v) is 3.22. The summed E-state index contributed by atoms with van der Waals surface area (Å²) >= 11 is 0. The topological polar surface area (TPSA) is 90.0 Å². The second-order valence-corrected chi connectivity index (χ2v) is 7.45. The molecule has 1 aromatic heterocycles. The number of carbonyl (C=O) groups excluding carboxylic acids is 2. The quantitative estimate of drug-likeness (QED) is 0.652. The van der Waals surface area contributed by atoms with Gasteiger partial charge in [0.05, 0.1) is 17.4 Å². The molecule has 148 valence electrons. The Hall–Kier alpha value is -3.48. The molecule has 7 heteroatoms. The van der Waals surface area contributed by atoms with E-state index in [9.17, 15) is 14.0 Å². The first-order chi connectivity index (χ1) is 13.8. The highest BCUT2D eigenvalue weighted by Crippen LogP contribution is 2.25. The minimum Gasteiger partial charge on any atom is -0.383 e. The Bertz CT molecular complexity index is 1110. The van der Waals surface area contributed by atoms with E-state index in [0.29, 0.717) is 16.8 Å². The molecule has 1 heterocycles. The maximum absolute atomic E-state index is 13.7.